The minimum Gasteiger partial charge on any atom is -0.465 e. The van der Waals surface area contributed by atoms with Crippen LogP contribution < -0.4 is 10.6 Å². The van der Waals surface area contributed by atoms with Crippen LogP contribution in [0.25, 0.3) is 10.1 Å². The summed E-state index contributed by atoms with van der Waals surface area (Å²) in [6, 6.07) is 7.32. The standard InChI is InChI=1S/C17H15N3O5S2/c1-25-16(24)15-14(9-4-2-3-5-10(9)27-15)19-17(26)18-11(21)8-20-12(22)6-7-13(20)23/h2-5H,6-8H2,1H3,(H2,18,19,21,26). The number of anilines is 1. The van der Waals surface area contributed by atoms with Crippen molar-refractivity contribution >= 4 is 68.1 Å². The lowest BCUT2D eigenvalue weighted by Crippen LogP contribution is -2.43. The minimum atomic E-state index is -0.602. The number of methoxy groups -OCH3 is 1. The number of amides is 3. The van der Waals surface area contributed by atoms with Crippen LogP contribution in [0.5, 0.6) is 0 Å². The first-order valence-corrected chi connectivity index (χ1v) is 9.17. The first kappa shape index (κ1) is 18.9. The Morgan fingerprint density at radius 1 is 1.22 bits per heavy atom. The molecule has 2 heterocycles. The zero-order chi connectivity index (χ0) is 19.6. The van der Waals surface area contributed by atoms with Crippen LogP contribution in [0.3, 0.4) is 0 Å². The lowest BCUT2D eigenvalue weighted by Gasteiger charge is -2.14. The lowest BCUT2D eigenvalue weighted by atomic mass is 10.2. The van der Waals surface area contributed by atoms with E-state index in [-0.39, 0.29) is 29.8 Å². The molecule has 0 spiro atoms. The predicted octanol–water partition coefficient (Wildman–Crippen LogP) is 1.65. The predicted molar refractivity (Wildman–Crippen MR) is 103 cm³/mol. The zero-order valence-corrected chi connectivity index (χ0v) is 15.9. The van der Waals surface area contributed by atoms with Gasteiger partial charge in [0.25, 0.3) is 0 Å². The molecule has 3 amide bonds. The number of carbonyl (C=O) groups excluding carboxylic acids is 4. The third kappa shape index (κ3) is 3.96. The van der Waals surface area contributed by atoms with Crippen molar-refractivity contribution in [3.05, 3.63) is 29.1 Å². The van der Waals surface area contributed by atoms with E-state index in [9.17, 15) is 19.2 Å². The van der Waals surface area contributed by atoms with Crippen LogP contribution in [-0.4, -0.2) is 47.4 Å². The maximum atomic E-state index is 12.1. The van der Waals surface area contributed by atoms with Crippen LogP contribution in [0.1, 0.15) is 22.5 Å². The van der Waals surface area contributed by atoms with E-state index in [1.54, 1.807) is 0 Å². The van der Waals surface area contributed by atoms with Crippen molar-refractivity contribution in [2.24, 2.45) is 0 Å². The number of likely N-dealkylation sites (tertiary alicyclic amines) is 1. The molecular formula is C17H15N3O5S2. The van der Waals surface area contributed by atoms with Gasteiger partial charge in [-0.3, -0.25) is 19.3 Å². The number of imide groups is 1. The van der Waals surface area contributed by atoms with Crippen molar-refractivity contribution in [1.82, 2.24) is 10.2 Å². The van der Waals surface area contributed by atoms with Gasteiger partial charge < -0.3 is 15.4 Å². The molecule has 2 N–H and O–H groups in total. The summed E-state index contributed by atoms with van der Waals surface area (Å²) in [5, 5.41) is 5.98. The van der Waals surface area contributed by atoms with E-state index in [1.165, 1.54) is 18.4 Å². The number of nitrogens with one attached hydrogen (secondary N) is 2. The second-order valence-corrected chi connectivity index (χ2v) is 7.13. The first-order valence-electron chi connectivity index (χ1n) is 7.94. The smallest absolute Gasteiger partial charge is 0.350 e. The molecule has 140 valence electrons. The maximum Gasteiger partial charge on any atom is 0.350 e. The fourth-order valence-electron chi connectivity index (χ4n) is 2.66. The molecule has 0 unspecified atom stereocenters. The second-order valence-electron chi connectivity index (χ2n) is 5.67. The lowest BCUT2D eigenvalue weighted by molar-refractivity contribution is -0.142. The molecule has 27 heavy (non-hydrogen) atoms. The average molecular weight is 405 g/mol. The van der Waals surface area contributed by atoms with Crippen molar-refractivity contribution in [3.8, 4) is 0 Å². The SMILES string of the molecule is COC(=O)c1sc2ccccc2c1NC(=S)NC(=O)CN1C(=O)CCC1=O. The Bertz CT molecular complexity index is 953. The third-order valence-corrected chi connectivity index (χ3v) is 5.27. The Kier molecular flexibility index (Phi) is 5.47. The van der Waals surface area contributed by atoms with E-state index < -0.39 is 18.4 Å². The Balaban J connectivity index is 1.74. The van der Waals surface area contributed by atoms with E-state index in [0.717, 1.165) is 15.0 Å². The molecule has 0 radical (unpaired) electrons. The average Bonchev–Trinajstić information content (AvgIpc) is 3.16. The number of fused-ring (bicyclic) bond motifs is 1. The molecule has 1 aliphatic heterocycles. The van der Waals surface area contributed by atoms with E-state index in [0.29, 0.717) is 10.6 Å². The number of thiocarbonyl (C=S) groups is 1. The van der Waals surface area contributed by atoms with Crippen LogP contribution >= 0.6 is 23.6 Å². The number of ether oxygens (including phenoxy) is 1. The first-order chi connectivity index (χ1) is 12.9. The number of esters is 1. The summed E-state index contributed by atoms with van der Waals surface area (Å²) in [5.41, 5.74) is 0.432. The van der Waals surface area contributed by atoms with Gasteiger partial charge in [-0.25, -0.2) is 4.79 Å². The van der Waals surface area contributed by atoms with Gasteiger partial charge in [0, 0.05) is 22.9 Å². The highest BCUT2D eigenvalue weighted by molar-refractivity contribution is 7.80. The number of rotatable bonds is 4. The van der Waals surface area contributed by atoms with Gasteiger partial charge in [-0.15, -0.1) is 11.3 Å². The number of carbonyl (C=O) groups is 4. The molecule has 1 aliphatic rings. The molecule has 0 atom stereocenters. The van der Waals surface area contributed by atoms with Crippen LogP contribution in [-0.2, 0) is 19.1 Å². The van der Waals surface area contributed by atoms with E-state index >= 15 is 0 Å². The van der Waals surface area contributed by atoms with Crippen LogP contribution in [0.15, 0.2) is 24.3 Å². The molecule has 3 rings (SSSR count). The molecule has 0 saturated carbocycles. The number of thiophene rings is 1. The van der Waals surface area contributed by atoms with Crippen LogP contribution in [0.2, 0.25) is 0 Å². The molecule has 1 aromatic heterocycles. The Hall–Kier alpha value is -2.85. The summed E-state index contributed by atoms with van der Waals surface area (Å²) in [6.45, 7) is -0.395. The van der Waals surface area contributed by atoms with Gasteiger partial charge in [0.2, 0.25) is 17.7 Å². The van der Waals surface area contributed by atoms with Crippen LogP contribution in [0, 0.1) is 0 Å². The van der Waals surface area contributed by atoms with E-state index in [4.69, 9.17) is 17.0 Å². The van der Waals surface area contributed by atoms with Crippen molar-refractivity contribution in [2.45, 2.75) is 12.8 Å². The monoisotopic (exact) mass is 405 g/mol. The summed E-state index contributed by atoms with van der Waals surface area (Å²) in [6.07, 6.45) is 0.219. The quantitative estimate of drug-likeness (QED) is 0.453. The highest BCUT2D eigenvalue weighted by Gasteiger charge is 2.30. The van der Waals surface area contributed by atoms with Crippen LogP contribution in [0.4, 0.5) is 5.69 Å². The Morgan fingerprint density at radius 3 is 2.56 bits per heavy atom. The molecule has 1 fully saturated rings. The van der Waals surface area contributed by atoms with Gasteiger partial charge in [0.1, 0.15) is 11.4 Å². The van der Waals surface area contributed by atoms with Crippen molar-refractivity contribution in [1.29, 1.82) is 0 Å². The van der Waals surface area contributed by atoms with Gasteiger partial charge in [-0.05, 0) is 18.3 Å². The van der Waals surface area contributed by atoms with Gasteiger partial charge in [0.15, 0.2) is 5.11 Å². The summed E-state index contributed by atoms with van der Waals surface area (Å²) in [7, 11) is 1.28. The molecule has 0 bridgehead atoms. The van der Waals surface area contributed by atoms with Crippen molar-refractivity contribution in [3.63, 3.8) is 0 Å². The third-order valence-electron chi connectivity index (χ3n) is 3.91. The fourth-order valence-corrected chi connectivity index (χ4v) is 3.95. The second kappa shape index (κ2) is 7.80. The molecule has 10 heteroatoms. The summed E-state index contributed by atoms with van der Waals surface area (Å²) >= 11 is 6.38. The fraction of sp³-hybridized carbons (Fsp3) is 0.235. The van der Waals surface area contributed by atoms with Gasteiger partial charge in [-0.2, -0.15) is 0 Å². The highest BCUT2D eigenvalue weighted by atomic mass is 32.1. The Labute approximate surface area is 163 Å². The maximum absolute atomic E-state index is 12.1. The largest absolute Gasteiger partial charge is 0.465 e. The van der Waals surface area contributed by atoms with Crippen molar-refractivity contribution < 1.29 is 23.9 Å². The number of hydrogen-bond acceptors (Lipinski definition) is 7. The van der Waals surface area contributed by atoms with E-state index in [1.807, 2.05) is 24.3 Å². The molecule has 1 saturated heterocycles. The van der Waals surface area contributed by atoms with Gasteiger partial charge in [-0.1, -0.05) is 18.2 Å². The Morgan fingerprint density at radius 2 is 1.89 bits per heavy atom. The van der Waals surface area contributed by atoms with Crippen molar-refractivity contribution in [2.75, 3.05) is 19.0 Å². The normalized spacial score (nSPS) is 13.7. The molecule has 1 aromatic carbocycles. The molecule has 2 aromatic rings. The van der Waals surface area contributed by atoms with E-state index in [2.05, 4.69) is 10.6 Å². The van der Waals surface area contributed by atoms with Gasteiger partial charge >= 0.3 is 5.97 Å². The number of nitrogens with zero attached hydrogens (tertiary/aromatic N) is 1. The zero-order valence-electron chi connectivity index (χ0n) is 14.2. The minimum absolute atomic E-state index is 0.0483. The topological polar surface area (TPSA) is 105 Å². The number of benzene rings is 1. The highest BCUT2D eigenvalue weighted by Crippen LogP contribution is 2.36. The summed E-state index contributed by atoms with van der Waals surface area (Å²) < 4.78 is 5.65. The summed E-state index contributed by atoms with van der Waals surface area (Å²) in [4.78, 5) is 48.5. The van der Waals surface area contributed by atoms with Gasteiger partial charge in [0.05, 0.1) is 12.8 Å². The molecule has 0 aliphatic carbocycles. The molecular weight excluding hydrogens is 390 g/mol. The number of hydrogen-bond donors (Lipinski definition) is 2. The summed E-state index contributed by atoms with van der Waals surface area (Å²) in [5.74, 6) is -1.90. The molecule has 8 nitrogen and oxygen atoms in total.